The van der Waals surface area contributed by atoms with Crippen LogP contribution in [0.3, 0.4) is 0 Å². The second-order valence-electron chi connectivity index (χ2n) is 7.90. The Hall–Kier alpha value is -2.86. The minimum absolute atomic E-state index is 0.207. The van der Waals surface area contributed by atoms with Crippen LogP contribution in [0.25, 0.3) is 0 Å². The first-order chi connectivity index (χ1) is 14.1. The lowest BCUT2D eigenvalue weighted by molar-refractivity contribution is -0.133. The van der Waals surface area contributed by atoms with E-state index in [2.05, 4.69) is 34.1 Å². The highest BCUT2D eigenvalue weighted by atomic mass is 16.2. The third kappa shape index (κ3) is 4.95. The molecule has 0 aromatic heterocycles. The van der Waals surface area contributed by atoms with E-state index in [4.69, 9.17) is 5.73 Å². The molecule has 2 fully saturated rings. The maximum atomic E-state index is 12.9. The topological polar surface area (TPSA) is 69.9 Å². The summed E-state index contributed by atoms with van der Waals surface area (Å²) < 4.78 is 0. The average molecular weight is 393 g/mol. The fraction of sp³-hybridized carbons (Fsp3) is 0.391. The summed E-state index contributed by atoms with van der Waals surface area (Å²) in [6.07, 6.45) is 2.29. The average Bonchev–Trinajstić information content (AvgIpc) is 3.60. The standard InChI is InChI=1S/C23H28N4O2/c24-23(29)19-8-6-18(7-9-19)16-27(21-10-11-21)17-22(28)26-14-12-25(13-15-26)20-4-2-1-3-5-20/h1-9,21H,10-17H2,(H2,24,29). The molecule has 0 atom stereocenters. The van der Waals surface area contributed by atoms with E-state index in [-0.39, 0.29) is 5.91 Å². The Morgan fingerprint density at radius 1 is 0.931 bits per heavy atom. The number of nitrogens with zero attached hydrogens (tertiary/aromatic N) is 3. The van der Waals surface area contributed by atoms with Crippen LogP contribution in [0.5, 0.6) is 0 Å². The lowest BCUT2D eigenvalue weighted by Crippen LogP contribution is -2.51. The Kier molecular flexibility index (Phi) is 5.81. The normalized spacial score (nSPS) is 16.9. The van der Waals surface area contributed by atoms with Gasteiger partial charge in [-0.2, -0.15) is 0 Å². The number of primary amides is 1. The third-order valence-electron chi connectivity index (χ3n) is 5.78. The van der Waals surface area contributed by atoms with Crippen LogP contribution in [0, 0.1) is 0 Å². The predicted molar refractivity (Wildman–Crippen MR) is 114 cm³/mol. The van der Waals surface area contributed by atoms with Gasteiger partial charge in [-0.25, -0.2) is 0 Å². The lowest BCUT2D eigenvalue weighted by Gasteiger charge is -2.37. The van der Waals surface area contributed by atoms with Crippen LogP contribution in [0.15, 0.2) is 54.6 Å². The maximum Gasteiger partial charge on any atom is 0.248 e. The zero-order valence-electron chi connectivity index (χ0n) is 16.7. The van der Waals surface area contributed by atoms with Crippen molar-refractivity contribution in [3.63, 3.8) is 0 Å². The number of hydrogen-bond donors (Lipinski definition) is 1. The summed E-state index contributed by atoms with van der Waals surface area (Å²) in [6, 6.07) is 18.2. The van der Waals surface area contributed by atoms with E-state index < -0.39 is 5.91 Å². The van der Waals surface area contributed by atoms with Crippen LogP contribution < -0.4 is 10.6 Å². The Balaban J connectivity index is 1.32. The Labute approximate surface area is 171 Å². The van der Waals surface area contributed by atoms with Gasteiger partial charge in [0.05, 0.1) is 6.54 Å². The number of benzene rings is 2. The third-order valence-corrected chi connectivity index (χ3v) is 5.78. The first-order valence-corrected chi connectivity index (χ1v) is 10.3. The van der Waals surface area contributed by atoms with Crippen LogP contribution in [-0.4, -0.2) is 60.4 Å². The summed E-state index contributed by atoms with van der Waals surface area (Å²) in [7, 11) is 0. The summed E-state index contributed by atoms with van der Waals surface area (Å²) in [5.41, 5.74) is 8.15. The van der Waals surface area contributed by atoms with Crippen molar-refractivity contribution in [1.82, 2.24) is 9.80 Å². The summed E-state index contributed by atoms with van der Waals surface area (Å²) in [4.78, 5) is 30.8. The minimum Gasteiger partial charge on any atom is -0.368 e. The molecule has 1 aliphatic heterocycles. The highest BCUT2D eigenvalue weighted by molar-refractivity contribution is 5.92. The molecular weight excluding hydrogens is 364 g/mol. The first-order valence-electron chi connectivity index (χ1n) is 10.3. The van der Waals surface area contributed by atoms with E-state index in [0.717, 1.165) is 51.1 Å². The number of nitrogens with two attached hydrogens (primary N) is 1. The number of carbonyl (C=O) groups is 2. The molecule has 0 spiro atoms. The smallest absolute Gasteiger partial charge is 0.248 e. The SMILES string of the molecule is NC(=O)c1ccc(CN(CC(=O)N2CCN(c3ccccc3)CC2)C2CC2)cc1. The van der Waals surface area contributed by atoms with Gasteiger partial charge in [-0.1, -0.05) is 30.3 Å². The van der Waals surface area contributed by atoms with Crippen molar-refractivity contribution in [2.45, 2.75) is 25.4 Å². The van der Waals surface area contributed by atoms with E-state index in [9.17, 15) is 9.59 Å². The highest BCUT2D eigenvalue weighted by Crippen LogP contribution is 2.28. The summed E-state index contributed by atoms with van der Waals surface area (Å²) in [5, 5.41) is 0. The highest BCUT2D eigenvalue weighted by Gasteiger charge is 2.32. The molecule has 2 aliphatic rings. The zero-order chi connectivity index (χ0) is 20.2. The van der Waals surface area contributed by atoms with Gasteiger partial charge < -0.3 is 15.5 Å². The Morgan fingerprint density at radius 3 is 2.17 bits per heavy atom. The van der Waals surface area contributed by atoms with Crippen molar-refractivity contribution >= 4 is 17.5 Å². The molecule has 4 rings (SSSR count). The number of rotatable bonds is 7. The molecule has 1 aliphatic carbocycles. The second kappa shape index (κ2) is 8.66. The molecule has 1 saturated carbocycles. The molecule has 1 heterocycles. The fourth-order valence-electron chi connectivity index (χ4n) is 3.89. The van der Waals surface area contributed by atoms with Gasteiger partial charge in [-0.05, 0) is 42.7 Å². The minimum atomic E-state index is -0.416. The van der Waals surface area contributed by atoms with E-state index in [0.29, 0.717) is 18.2 Å². The van der Waals surface area contributed by atoms with Crippen molar-refractivity contribution in [1.29, 1.82) is 0 Å². The van der Waals surface area contributed by atoms with Gasteiger partial charge in [-0.3, -0.25) is 14.5 Å². The molecule has 1 saturated heterocycles. The Bertz CT molecular complexity index is 841. The Morgan fingerprint density at radius 2 is 1.59 bits per heavy atom. The van der Waals surface area contributed by atoms with Crippen LogP contribution in [0.4, 0.5) is 5.69 Å². The molecule has 2 N–H and O–H groups in total. The van der Waals surface area contributed by atoms with Gasteiger partial charge >= 0.3 is 0 Å². The summed E-state index contributed by atoms with van der Waals surface area (Å²) in [5.74, 6) is -0.209. The fourth-order valence-corrected chi connectivity index (χ4v) is 3.89. The van der Waals surface area contributed by atoms with Crippen LogP contribution in [0.1, 0.15) is 28.8 Å². The lowest BCUT2D eigenvalue weighted by atomic mass is 10.1. The van der Waals surface area contributed by atoms with Crippen molar-refractivity contribution in [3.8, 4) is 0 Å². The van der Waals surface area contributed by atoms with E-state index in [1.807, 2.05) is 23.1 Å². The molecule has 2 aromatic rings. The maximum absolute atomic E-state index is 12.9. The number of para-hydroxylation sites is 1. The first kappa shape index (κ1) is 19.5. The van der Waals surface area contributed by atoms with Crippen molar-refractivity contribution in [2.75, 3.05) is 37.6 Å². The molecule has 2 amide bonds. The quantitative estimate of drug-likeness (QED) is 0.783. The van der Waals surface area contributed by atoms with E-state index in [1.54, 1.807) is 12.1 Å². The van der Waals surface area contributed by atoms with Crippen LogP contribution in [0.2, 0.25) is 0 Å². The number of carbonyl (C=O) groups excluding carboxylic acids is 2. The molecule has 0 unspecified atom stereocenters. The van der Waals surface area contributed by atoms with Gasteiger partial charge in [0.2, 0.25) is 11.8 Å². The summed E-state index contributed by atoms with van der Waals surface area (Å²) >= 11 is 0. The van der Waals surface area contributed by atoms with Crippen molar-refractivity contribution in [3.05, 3.63) is 65.7 Å². The molecule has 6 heteroatoms. The van der Waals surface area contributed by atoms with Crippen LogP contribution in [-0.2, 0) is 11.3 Å². The largest absolute Gasteiger partial charge is 0.368 e. The molecule has 29 heavy (non-hydrogen) atoms. The van der Waals surface area contributed by atoms with Crippen molar-refractivity contribution < 1.29 is 9.59 Å². The van der Waals surface area contributed by atoms with Gasteiger partial charge in [0, 0.05) is 50.0 Å². The molecule has 152 valence electrons. The zero-order valence-corrected chi connectivity index (χ0v) is 16.7. The second-order valence-corrected chi connectivity index (χ2v) is 7.90. The van der Waals surface area contributed by atoms with Gasteiger partial charge in [0.25, 0.3) is 0 Å². The molecule has 6 nitrogen and oxygen atoms in total. The molecule has 0 bridgehead atoms. The van der Waals surface area contributed by atoms with Gasteiger partial charge in [-0.15, -0.1) is 0 Å². The number of anilines is 1. The van der Waals surface area contributed by atoms with Crippen molar-refractivity contribution in [2.24, 2.45) is 5.73 Å². The molecule has 0 radical (unpaired) electrons. The molecule has 2 aromatic carbocycles. The number of amides is 2. The summed E-state index contributed by atoms with van der Waals surface area (Å²) in [6.45, 7) is 4.44. The number of piperazine rings is 1. The van der Waals surface area contributed by atoms with Crippen LogP contribution >= 0.6 is 0 Å². The monoisotopic (exact) mass is 392 g/mol. The van der Waals surface area contributed by atoms with E-state index in [1.165, 1.54) is 5.69 Å². The number of hydrogen-bond acceptors (Lipinski definition) is 4. The van der Waals surface area contributed by atoms with Gasteiger partial charge in [0.15, 0.2) is 0 Å². The van der Waals surface area contributed by atoms with Gasteiger partial charge in [0.1, 0.15) is 0 Å². The van der Waals surface area contributed by atoms with E-state index >= 15 is 0 Å². The predicted octanol–water partition coefficient (Wildman–Crippen LogP) is 2.10. The molecular formula is C23H28N4O2.